The van der Waals surface area contributed by atoms with E-state index in [0.29, 0.717) is 0 Å². The van der Waals surface area contributed by atoms with Gasteiger partial charge in [0.1, 0.15) is 0 Å². The van der Waals surface area contributed by atoms with Gasteiger partial charge in [0.15, 0.2) is 0 Å². The maximum absolute atomic E-state index is 11.6. The van der Waals surface area contributed by atoms with Crippen LogP contribution < -0.4 is 0 Å². The van der Waals surface area contributed by atoms with Gasteiger partial charge < -0.3 is 4.74 Å². The number of hydrogen-bond donors (Lipinski definition) is 0. The molecule has 0 bridgehead atoms. The molecule has 0 aliphatic rings. The Labute approximate surface area is 100 Å². The van der Waals surface area contributed by atoms with Gasteiger partial charge >= 0.3 is 5.97 Å². The van der Waals surface area contributed by atoms with E-state index in [1.807, 2.05) is 37.3 Å². The second-order valence-electron chi connectivity index (χ2n) is 3.94. The van der Waals surface area contributed by atoms with Crippen molar-refractivity contribution in [1.29, 1.82) is 0 Å². The number of pyridine rings is 1. The van der Waals surface area contributed by atoms with Gasteiger partial charge in [-0.05, 0) is 24.1 Å². The Morgan fingerprint density at radius 3 is 2.94 bits per heavy atom. The molecule has 0 aliphatic heterocycles. The Morgan fingerprint density at radius 2 is 2.24 bits per heavy atom. The fourth-order valence-electron chi connectivity index (χ4n) is 1.98. The number of ether oxygens (including phenoxy) is 1. The summed E-state index contributed by atoms with van der Waals surface area (Å²) in [6.07, 6.45) is 2.48. The van der Waals surface area contributed by atoms with E-state index in [2.05, 4.69) is 4.98 Å². The summed E-state index contributed by atoms with van der Waals surface area (Å²) in [7, 11) is 1.42. The van der Waals surface area contributed by atoms with E-state index in [1.54, 1.807) is 6.20 Å². The minimum atomic E-state index is -0.202. The Bertz CT molecular complexity index is 536. The predicted molar refractivity (Wildman–Crippen MR) is 66.8 cm³/mol. The van der Waals surface area contributed by atoms with Crippen molar-refractivity contribution in [3.63, 3.8) is 0 Å². The standard InChI is InChI=1S/C14H15NO2/c1-3-12(14(16)17-2)11-7-6-10-5-4-8-15-13(10)9-11/h4-9,12H,3H2,1-2H3. The van der Waals surface area contributed by atoms with E-state index in [9.17, 15) is 4.79 Å². The summed E-state index contributed by atoms with van der Waals surface area (Å²) in [6.45, 7) is 1.98. The molecule has 17 heavy (non-hydrogen) atoms. The fraction of sp³-hybridized carbons (Fsp3) is 0.286. The lowest BCUT2D eigenvalue weighted by Crippen LogP contribution is -2.13. The van der Waals surface area contributed by atoms with E-state index >= 15 is 0 Å². The van der Waals surface area contributed by atoms with Crippen LogP contribution in [-0.4, -0.2) is 18.1 Å². The van der Waals surface area contributed by atoms with Crippen LogP contribution in [0.1, 0.15) is 24.8 Å². The topological polar surface area (TPSA) is 39.2 Å². The van der Waals surface area contributed by atoms with Crippen molar-refractivity contribution in [2.45, 2.75) is 19.3 Å². The molecule has 0 saturated carbocycles. The third-order valence-electron chi connectivity index (χ3n) is 2.93. The number of benzene rings is 1. The molecule has 0 saturated heterocycles. The molecule has 88 valence electrons. The van der Waals surface area contributed by atoms with Crippen LogP contribution >= 0.6 is 0 Å². The van der Waals surface area contributed by atoms with E-state index in [-0.39, 0.29) is 11.9 Å². The molecule has 0 amide bonds. The molecule has 3 nitrogen and oxygen atoms in total. The van der Waals surface area contributed by atoms with Crippen molar-refractivity contribution in [2.75, 3.05) is 7.11 Å². The summed E-state index contributed by atoms with van der Waals surface area (Å²) < 4.78 is 4.81. The highest BCUT2D eigenvalue weighted by Gasteiger charge is 2.19. The van der Waals surface area contributed by atoms with Crippen molar-refractivity contribution in [3.05, 3.63) is 42.1 Å². The van der Waals surface area contributed by atoms with E-state index in [4.69, 9.17) is 4.74 Å². The summed E-state index contributed by atoms with van der Waals surface area (Å²) in [5.41, 5.74) is 1.87. The number of aromatic nitrogens is 1. The van der Waals surface area contributed by atoms with Gasteiger partial charge in [0.25, 0.3) is 0 Å². The lowest BCUT2D eigenvalue weighted by atomic mass is 9.95. The number of carbonyl (C=O) groups excluding carboxylic acids is 1. The number of rotatable bonds is 3. The molecule has 0 spiro atoms. The SMILES string of the molecule is CCC(C(=O)OC)c1ccc2cccnc2c1. The minimum absolute atomic E-state index is 0.192. The molecule has 0 aliphatic carbocycles. The van der Waals surface area contributed by atoms with Gasteiger partial charge in [-0.15, -0.1) is 0 Å². The molecule has 1 aromatic carbocycles. The number of hydrogen-bond acceptors (Lipinski definition) is 3. The number of fused-ring (bicyclic) bond motifs is 1. The van der Waals surface area contributed by atoms with Crippen LogP contribution in [0.4, 0.5) is 0 Å². The minimum Gasteiger partial charge on any atom is -0.469 e. The molecule has 1 heterocycles. The first-order valence-electron chi connectivity index (χ1n) is 5.68. The van der Waals surface area contributed by atoms with Crippen LogP contribution in [0.3, 0.4) is 0 Å². The number of esters is 1. The average molecular weight is 229 g/mol. The largest absolute Gasteiger partial charge is 0.469 e. The molecule has 1 aromatic heterocycles. The van der Waals surface area contributed by atoms with Crippen molar-refractivity contribution in [3.8, 4) is 0 Å². The van der Waals surface area contributed by atoms with Crippen LogP contribution in [0.25, 0.3) is 10.9 Å². The average Bonchev–Trinajstić information content (AvgIpc) is 2.39. The van der Waals surface area contributed by atoms with Crippen molar-refractivity contribution in [1.82, 2.24) is 4.98 Å². The summed E-state index contributed by atoms with van der Waals surface area (Å²) >= 11 is 0. The summed E-state index contributed by atoms with van der Waals surface area (Å²) in [5, 5.41) is 1.08. The Hall–Kier alpha value is -1.90. The molecular weight excluding hydrogens is 214 g/mol. The second-order valence-corrected chi connectivity index (χ2v) is 3.94. The highest BCUT2D eigenvalue weighted by atomic mass is 16.5. The van der Waals surface area contributed by atoms with Crippen molar-refractivity contribution in [2.24, 2.45) is 0 Å². The Morgan fingerprint density at radius 1 is 1.41 bits per heavy atom. The van der Waals surface area contributed by atoms with Crippen LogP contribution in [0.15, 0.2) is 36.5 Å². The molecule has 1 unspecified atom stereocenters. The van der Waals surface area contributed by atoms with Gasteiger partial charge in [0.05, 0.1) is 18.5 Å². The zero-order valence-electron chi connectivity index (χ0n) is 10.0. The summed E-state index contributed by atoms with van der Waals surface area (Å²) in [5.74, 6) is -0.394. The van der Waals surface area contributed by atoms with Gasteiger partial charge in [-0.2, -0.15) is 0 Å². The first-order chi connectivity index (χ1) is 8.26. The predicted octanol–water partition coefficient (Wildman–Crippen LogP) is 2.90. The van der Waals surface area contributed by atoms with E-state index in [1.165, 1.54) is 7.11 Å². The first kappa shape index (κ1) is 11.6. The van der Waals surface area contributed by atoms with Gasteiger partial charge in [-0.3, -0.25) is 9.78 Å². The van der Waals surface area contributed by atoms with Crippen molar-refractivity contribution < 1.29 is 9.53 Å². The van der Waals surface area contributed by atoms with E-state index < -0.39 is 0 Å². The Kier molecular flexibility index (Phi) is 3.38. The van der Waals surface area contributed by atoms with Gasteiger partial charge in [0.2, 0.25) is 0 Å². The molecular formula is C14H15NO2. The maximum Gasteiger partial charge on any atom is 0.313 e. The maximum atomic E-state index is 11.6. The molecule has 0 fully saturated rings. The first-order valence-corrected chi connectivity index (χ1v) is 5.68. The highest BCUT2D eigenvalue weighted by Crippen LogP contribution is 2.24. The number of nitrogens with zero attached hydrogens (tertiary/aromatic N) is 1. The van der Waals surface area contributed by atoms with Crippen LogP contribution in [0.5, 0.6) is 0 Å². The normalized spacial score (nSPS) is 12.4. The van der Waals surface area contributed by atoms with Gasteiger partial charge in [0, 0.05) is 11.6 Å². The number of methoxy groups -OCH3 is 1. The molecule has 3 heteroatoms. The van der Waals surface area contributed by atoms with Crippen molar-refractivity contribution >= 4 is 16.9 Å². The molecule has 0 radical (unpaired) electrons. The zero-order chi connectivity index (χ0) is 12.3. The molecule has 0 N–H and O–H groups in total. The second kappa shape index (κ2) is 4.95. The summed E-state index contributed by atoms with van der Waals surface area (Å²) in [6, 6.07) is 9.82. The zero-order valence-corrected chi connectivity index (χ0v) is 10.0. The third kappa shape index (κ3) is 2.28. The lowest BCUT2D eigenvalue weighted by Gasteiger charge is -2.13. The fourth-order valence-corrected chi connectivity index (χ4v) is 1.98. The van der Waals surface area contributed by atoms with Crippen LogP contribution in [0.2, 0.25) is 0 Å². The summed E-state index contributed by atoms with van der Waals surface area (Å²) in [4.78, 5) is 15.9. The highest BCUT2D eigenvalue weighted by molar-refractivity contribution is 5.83. The lowest BCUT2D eigenvalue weighted by molar-refractivity contribution is -0.142. The van der Waals surface area contributed by atoms with Crippen LogP contribution in [0, 0.1) is 0 Å². The van der Waals surface area contributed by atoms with Crippen LogP contribution in [-0.2, 0) is 9.53 Å². The molecule has 1 atom stereocenters. The molecule has 2 rings (SSSR count). The third-order valence-corrected chi connectivity index (χ3v) is 2.93. The monoisotopic (exact) mass is 229 g/mol. The Balaban J connectivity index is 2.44. The van der Waals surface area contributed by atoms with E-state index in [0.717, 1.165) is 22.9 Å². The molecule has 2 aromatic rings. The quantitative estimate of drug-likeness (QED) is 0.760. The number of carbonyl (C=O) groups is 1. The van der Waals surface area contributed by atoms with Gasteiger partial charge in [-0.1, -0.05) is 25.1 Å². The smallest absolute Gasteiger partial charge is 0.313 e. The van der Waals surface area contributed by atoms with Gasteiger partial charge in [-0.25, -0.2) is 0 Å².